The van der Waals surface area contributed by atoms with Crippen LogP contribution in [0, 0.1) is 6.92 Å². The zero-order valence-electron chi connectivity index (χ0n) is 12.8. The van der Waals surface area contributed by atoms with Crippen LogP contribution in [0.2, 0.25) is 0 Å². The van der Waals surface area contributed by atoms with Crippen LogP contribution in [0.25, 0.3) is 0 Å². The number of thiazole rings is 1. The van der Waals surface area contributed by atoms with Crippen molar-refractivity contribution in [2.75, 3.05) is 6.61 Å². The van der Waals surface area contributed by atoms with Crippen molar-refractivity contribution in [3.05, 3.63) is 45.4 Å². The summed E-state index contributed by atoms with van der Waals surface area (Å²) in [7, 11) is 0. The predicted octanol–water partition coefficient (Wildman–Crippen LogP) is 4.19. The van der Waals surface area contributed by atoms with E-state index in [0.717, 1.165) is 30.2 Å². The number of aryl methyl sites for hydroxylation is 1. The molecule has 2 unspecified atom stereocenters. The van der Waals surface area contributed by atoms with Crippen LogP contribution in [0.15, 0.2) is 24.4 Å². The highest BCUT2D eigenvalue weighted by molar-refractivity contribution is 7.11. The molecule has 0 saturated heterocycles. The molecule has 0 saturated carbocycles. The normalized spacial score (nSPS) is 16.3. The lowest BCUT2D eigenvalue weighted by Gasteiger charge is -2.22. The smallest absolute Gasteiger partial charge is 0.122 e. The Balaban J connectivity index is 1.75. The van der Waals surface area contributed by atoms with Crippen LogP contribution in [0.4, 0.5) is 0 Å². The highest BCUT2D eigenvalue weighted by Gasteiger charge is 2.19. The first kappa shape index (κ1) is 14.5. The average molecular weight is 302 g/mol. The van der Waals surface area contributed by atoms with E-state index >= 15 is 0 Å². The summed E-state index contributed by atoms with van der Waals surface area (Å²) in [5.74, 6) is 1.05. The number of aromatic nitrogens is 1. The molecule has 3 rings (SSSR count). The van der Waals surface area contributed by atoms with Crippen LogP contribution in [0.1, 0.15) is 53.4 Å². The van der Waals surface area contributed by atoms with Gasteiger partial charge < -0.3 is 10.1 Å². The molecular weight excluding hydrogens is 280 g/mol. The second-order valence-electron chi connectivity index (χ2n) is 5.62. The molecule has 0 spiro atoms. The Hall–Kier alpha value is -1.39. The van der Waals surface area contributed by atoms with E-state index in [1.54, 1.807) is 11.3 Å². The minimum atomic E-state index is 0.276. The van der Waals surface area contributed by atoms with Crippen molar-refractivity contribution < 1.29 is 4.74 Å². The second kappa shape index (κ2) is 6.16. The van der Waals surface area contributed by atoms with Crippen molar-refractivity contribution in [1.29, 1.82) is 0 Å². The summed E-state index contributed by atoms with van der Waals surface area (Å²) in [5, 5.41) is 4.87. The van der Waals surface area contributed by atoms with E-state index in [4.69, 9.17) is 4.74 Å². The molecule has 2 atom stereocenters. The number of hydrogen-bond donors (Lipinski definition) is 1. The van der Waals surface area contributed by atoms with E-state index in [1.807, 2.05) is 6.20 Å². The molecule has 4 heteroatoms. The Kier molecular flexibility index (Phi) is 4.27. The summed E-state index contributed by atoms with van der Waals surface area (Å²) in [6, 6.07) is 7.22. The third-order valence-electron chi connectivity index (χ3n) is 3.98. The largest absolute Gasteiger partial charge is 0.493 e. The molecule has 1 aliphatic rings. The van der Waals surface area contributed by atoms with E-state index in [9.17, 15) is 0 Å². The van der Waals surface area contributed by atoms with Crippen LogP contribution in [0.5, 0.6) is 5.75 Å². The summed E-state index contributed by atoms with van der Waals surface area (Å²) in [6.45, 7) is 7.34. The molecule has 112 valence electrons. The summed E-state index contributed by atoms with van der Waals surface area (Å²) < 4.78 is 5.59. The van der Waals surface area contributed by atoms with Gasteiger partial charge in [-0.05, 0) is 37.5 Å². The van der Waals surface area contributed by atoms with Gasteiger partial charge in [-0.1, -0.05) is 19.1 Å². The lowest BCUT2D eigenvalue weighted by Crippen LogP contribution is -2.24. The van der Waals surface area contributed by atoms with Gasteiger partial charge in [0.1, 0.15) is 10.8 Å². The zero-order valence-corrected chi connectivity index (χ0v) is 13.7. The number of fused-ring (bicyclic) bond motifs is 1. The lowest BCUT2D eigenvalue weighted by atomic mass is 10.00. The maximum Gasteiger partial charge on any atom is 0.122 e. The molecule has 0 fully saturated rings. The Morgan fingerprint density at radius 1 is 1.43 bits per heavy atom. The molecule has 0 aliphatic carbocycles. The standard InChI is InChI=1S/C17H22N2OS/c1-4-15(19-12(3)17-18-10-11(2)21-17)13-5-6-16-14(9-13)7-8-20-16/h5-6,9-10,12,15,19H,4,7-8H2,1-3H3. The molecule has 1 aromatic carbocycles. The summed E-state index contributed by atoms with van der Waals surface area (Å²) in [6.07, 6.45) is 4.04. The van der Waals surface area contributed by atoms with Gasteiger partial charge in [0.05, 0.1) is 12.6 Å². The van der Waals surface area contributed by atoms with Gasteiger partial charge in [-0.15, -0.1) is 11.3 Å². The van der Waals surface area contributed by atoms with Crippen molar-refractivity contribution in [2.24, 2.45) is 0 Å². The predicted molar refractivity (Wildman–Crippen MR) is 87.1 cm³/mol. The van der Waals surface area contributed by atoms with Crippen molar-refractivity contribution in [3.63, 3.8) is 0 Å². The van der Waals surface area contributed by atoms with Gasteiger partial charge in [-0.3, -0.25) is 0 Å². The monoisotopic (exact) mass is 302 g/mol. The number of nitrogens with one attached hydrogen (secondary N) is 1. The lowest BCUT2D eigenvalue weighted by molar-refractivity contribution is 0.356. The van der Waals surface area contributed by atoms with E-state index in [0.29, 0.717) is 6.04 Å². The van der Waals surface area contributed by atoms with Crippen LogP contribution in [-0.4, -0.2) is 11.6 Å². The highest BCUT2D eigenvalue weighted by Crippen LogP contribution is 2.30. The fourth-order valence-corrected chi connectivity index (χ4v) is 3.60. The number of ether oxygens (including phenoxy) is 1. The summed E-state index contributed by atoms with van der Waals surface area (Å²) in [5.41, 5.74) is 2.69. The van der Waals surface area contributed by atoms with E-state index in [2.05, 4.69) is 49.3 Å². The van der Waals surface area contributed by atoms with Crippen molar-refractivity contribution in [2.45, 2.75) is 45.7 Å². The minimum Gasteiger partial charge on any atom is -0.493 e. The number of rotatable bonds is 5. The van der Waals surface area contributed by atoms with Gasteiger partial charge in [0.2, 0.25) is 0 Å². The Labute approximate surface area is 130 Å². The Morgan fingerprint density at radius 3 is 3.00 bits per heavy atom. The van der Waals surface area contributed by atoms with E-state index in [1.165, 1.54) is 16.0 Å². The fraction of sp³-hybridized carbons (Fsp3) is 0.471. The van der Waals surface area contributed by atoms with Crippen molar-refractivity contribution >= 4 is 11.3 Å². The molecule has 1 N–H and O–H groups in total. The maximum absolute atomic E-state index is 5.59. The van der Waals surface area contributed by atoms with Gasteiger partial charge in [-0.2, -0.15) is 0 Å². The molecule has 3 nitrogen and oxygen atoms in total. The first-order valence-corrected chi connectivity index (χ1v) is 8.43. The van der Waals surface area contributed by atoms with Gasteiger partial charge in [0, 0.05) is 23.5 Å². The third kappa shape index (κ3) is 3.11. The van der Waals surface area contributed by atoms with E-state index in [-0.39, 0.29) is 6.04 Å². The van der Waals surface area contributed by atoms with Crippen LogP contribution in [-0.2, 0) is 6.42 Å². The van der Waals surface area contributed by atoms with Crippen LogP contribution >= 0.6 is 11.3 Å². The fourth-order valence-electron chi connectivity index (χ4n) is 2.82. The first-order chi connectivity index (χ1) is 10.2. The van der Waals surface area contributed by atoms with Crippen LogP contribution in [0.3, 0.4) is 0 Å². The number of benzene rings is 1. The summed E-state index contributed by atoms with van der Waals surface area (Å²) >= 11 is 1.77. The average Bonchev–Trinajstić information content (AvgIpc) is 3.12. The van der Waals surface area contributed by atoms with Gasteiger partial charge in [0.25, 0.3) is 0 Å². The second-order valence-corrected chi connectivity index (χ2v) is 6.89. The molecule has 0 radical (unpaired) electrons. The molecule has 21 heavy (non-hydrogen) atoms. The van der Waals surface area contributed by atoms with Gasteiger partial charge in [-0.25, -0.2) is 4.98 Å². The molecule has 2 aromatic rings. The van der Waals surface area contributed by atoms with Crippen molar-refractivity contribution in [1.82, 2.24) is 10.3 Å². The SMILES string of the molecule is CCC(NC(C)c1ncc(C)s1)c1ccc2c(c1)CCO2. The zero-order chi connectivity index (χ0) is 14.8. The van der Waals surface area contributed by atoms with Gasteiger partial charge >= 0.3 is 0 Å². The Morgan fingerprint density at radius 2 is 2.29 bits per heavy atom. The quantitative estimate of drug-likeness (QED) is 0.899. The molecule has 0 bridgehead atoms. The van der Waals surface area contributed by atoms with Crippen LogP contribution < -0.4 is 10.1 Å². The van der Waals surface area contributed by atoms with Crippen molar-refractivity contribution in [3.8, 4) is 5.75 Å². The van der Waals surface area contributed by atoms with E-state index < -0.39 is 0 Å². The molecule has 1 aliphatic heterocycles. The topological polar surface area (TPSA) is 34.2 Å². The molecule has 2 heterocycles. The third-order valence-corrected chi connectivity index (χ3v) is 5.08. The highest BCUT2D eigenvalue weighted by atomic mass is 32.1. The first-order valence-electron chi connectivity index (χ1n) is 7.61. The number of nitrogens with zero attached hydrogens (tertiary/aromatic N) is 1. The molecule has 1 aromatic heterocycles. The summed E-state index contributed by atoms with van der Waals surface area (Å²) in [4.78, 5) is 5.76. The number of hydrogen-bond acceptors (Lipinski definition) is 4. The maximum atomic E-state index is 5.59. The molecular formula is C17H22N2OS. The molecule has 0 amide bonds. The van der Waals surface area contributed by atoms with Gasteiger partial charge in [0.15, 0.2) is 0 Å². The minimum absolute atomic E-state index is 0.276. The Bertz CT molecular complexity index is 623.